The van der Waals surface area contributed by atoms with E-state index in [9.17, 15) is 4.79 Å². The molecule has 0 aliphatic rings. The molecule has 2 rings (SSSR count). The number of carbonyl (C=O) groups excluding carboxylic acids is 1. The molecule has 0 fully saturated rings. The number of nitrogens with zero attached hydrogens (tertiary/aromatic N) is 3. The van der Waals surface area contributed by atoms with Crippen molar-refractivity contribution in [2.75, 3.05) is 0 Å². The van der Waals surface area contributed by atoms with Gasteiger partial charge in [-0.15, -0.1) is 0 Å². The van der Waals surface area contributed by atoms with Gasteiger partial charge in [0.2, 0.25) is 5.91 Å². The van der Waals surface area contributed by atoms with Crippen LogP contribution >= 0.6 is 11.6 Å². The summed E-state index contributed by atoms with van der Waals surface area (Å²) >= 11 is 5.81. The Bertz CT molecular complexity index is 648. The lowest BCUT2D eigenvalue weighted by atomic mass is 10.1. The molecule has 1 atom stereocenters. The molecule has 2 heterocycles. The molecule has 0 spiro atoms. The van der Waals surface area contributed by atoms with Crippen LogP contribution in [-0.4, -0.2) is 20.7 Å². The zero-order valence-electron chi connectivity index (χ0n) is 12.6. The Morgan fingerprint density at radius 3 is 2.67 bits per heavy atom. The largest absolute Gasteiger partial charge is 0.348 e. The first-order valence-corrected chi connectivity index (χ1v) is 7.16. The lowest BCUT2D eigenvalue weighted by Gasteiger charge is -2.13. The van der Waals surface area contributed by atoms with Crippen molar-refractivity contribution in [2.45, 2.75) is 33.2 Å². The van der Waals surface area contributed by atoms with Gasteiger partial charge in [0, 0.05) is 24.5 Å². The Morgan fingerprint density at radius 2 is 2.14 bits per heavy atom. The van der Waals surface area contributed by atoms with Crippen LogP contribution < -0.4 is 5.32 Å². The van der Waals surface area contributed by atoms with E-state index in [1.807, 2.05) is 33.9 Å². The van der Waals surface area contributed by atoms with Crippen LogP contribution in [0.4, 0.5) is 0 Å². The van der Waals surface area contributed by atoms with Crippen LogP contribution in [0.25, 0.3) is 0 Å². The standard InChI is InChI=1S/C15H19ClN4O/c1-9-13(11(3)20(4)19-9)7-15(21)18-10(2)14-6-5-12(16)8-17-14/h5-6,8,10H,7H2,1-4H3,(H,18,21)/t10-/m0/s1. The molecule has 0 aliphatic heterocycles. The van der Waals surface area contributed by atoms with Crippen LogP contribution in [0.2, 0.25) is 5.02 Å². The van der Waals surface area contributed by atoms with Crippen LogP contribution in [0.15, 0.2) is 18.3 Å². The fourth-order valence-corrected chi connectivity index (χ4v) is 2.36. The topological polar surface area (TPSA) is 59.8 Å². The maximum absolute atomic E-state index is 12.2. The van der Waals surface area contributed by atoms with Crippen molar-refractivity contribution in [2.24, 2.45) is 7.05 Å². The highest BCUT2D eigenvalue weighted by atomic mass is 35.5. The Balaban J connectivity index is 2.03. The van der Waals surface area contributed by atoms with Gasteiger partial charge in [0.1, 0.15) is 0 Å². The van der Waals surface area contributed by atoms with Gasteiger partial charge in [-0.05, 0) is 32.9 Å². The van der Waals surface area contributed by atoms with Crippen molar-refractivity contribution in [1.82, 2.24) is 20.1 Å². The van der Waals surface area contributed by atoms with Gasteiger partial charge in [0.05, 0.1) is 28.9 Å². The lowest BCUT2D eigenvalue weighted by Crippen LogP contribution is -2.28. The van der Waals surface area contributed by atoms with Gasteiger partial charge in [-0.2, -0.15) is 5.10 Å². The average Bonchev–Trinajstić information content (AvgIpc) is 2.66. The second-order valence-electron chi connectivity index (χ2n) is 5.14. The number of hydrogen-bond donors (Lipinski definition) is 1. The van der Waals surface area contributed by atoms with Gasteiger partial charge in [-0.3, -0.25) is 14.5 Å². The van der Waals surface area contributed by atoms with Crippen LogP contribution in [0, 0.1) is 13.8 Å². The van der Waals surface area contributed by atoms with Crippen molar-refractivity contribution in [1.29, 1.82) is 0 Å². The van der Waals surface area contributed by atoms with E-state index in [1.165, 1.54) is 0 Å². The van der Waals surface area contributed by atoms with E-state index in [1.54, 1.807) is 16.9 Å². The summed E-state index contributed by atoms with van der Waals surface area (Å²) in [5.41, 5.74) is 3.67. The predicted molar refractivity (Wildman–Crippen MR) is 82.2 cm³/mol. The van der Waals surface area contributed by atoms with Gasteiger partial charge in [0.15, 0.2) is 0 Å². The highest BCUT2D eigenvalue weighted by molar-refractivity contribution is 6.30. The number of rotatable bonds is 4. The number of halogens is 1. The quantitative estimate of drug-likeness (QED) is 0.944. The molecule has 1 amide bonds. The molecule has 0 unspecified atom stereocenters. The van der Waals surface area contributed by atoms with Gasteiger partial charge in [-0.25, -0.2) is 0 Å². The summed E-state index contributed by atoms with van der Waals surface area (Å²) in [5.74, 6) is -0.0431. The molecule has 0 aliphatic carbocycles. The minimum Gasteiger partial charge on any atom is -0.348 e. The van der Waals surface area contributed by atoms with Crippen molar-refractivity contribution >= 4 is 17.5 Å². The summed E-state index contributed by atoms with van der Waals surface area (Å²) in [6, 6.07) is 3.42. The zero-order chi connectivity index (χ0) is 15.6. The summed E-state index contributed by atoms with van der Waals surface area (Å²) in [6.07, 6.45) is 1.90. The highest BCUT2D eigenvalue weighted by Crippen LogP contribution is 2.15. The van der Waals surface area contributed by atoms with Crippen molar-refractivity contribution in [3.63, 3.8) is 0 Å². The number of aryl methyl sites for hydroxylation is 2. The summed E-state index contributed by atoms with van der Waals surface area (Å²) in [5, 5.41) is 7.85. The molecule has 6 heteroatoms. The number of hydrogen-bond acceptors (Lipinski definition) is 3. The fraction of sp³-hybridized carbons (Fsp3) is 0.400. The number of nitrogens with one attached hydrogen (secondary N) is 1. The first kappa shape index (κ1) is 15.5. The molecular formula is C15H19ClN4O. The third-order valence-electron chi connectivity index (χ3n) is 3.57. The summed E-state index contributed by atoms with van der Waals surface area (Å²) < 4.78 is 1.79. The first-order valence-electron chi connectivity index (χ1n) is 6.78. The van der Waals surface area contributed by atoms with Crippen LogP contribution in [0.3, 0.4) is 0 Å². The monoisotopic (exact) mass is 306 g/mol. The number of aromatic nitrogens is 3. The molecule has 0 bridgehead atoms. The van der Waals surface area contributed by atoms with Gasteiger partial charge >= 0.3 is 0 Å². The van der Waals surface area contributed by atoms with Gasteiger partial charge in [-0.1, -0.05) is 11.6 Å². The maximum atomic E-state index is 12.2. The second-order valence-corrected chi connectivity index (χ2v) is 5.58. The Hall–Kier alpha value is -1.88. The number of pyridine rings is 1. The first-order chi connectivity index (χ1) is 9.88. The molecule has 21 heavy (non-hydrogen) atoms. The van der Waals surface area contributed by atoms with Crippen LogP contribution in [-0.2, 0) is 18.3 Å². The zero-order valence-corrected chi connectivity index (χ0v) is 13.4. The van der Waals surface area contributed by atoms with Crippen molar-refractivity contribution in [3.05, 3.63) is 46.0 Å². The van der Waals surface area contributed by atoms with E-state index in [0.717, 1.165) is 22.6 Å². The van der Waals surface area contributed by atoms with E-state index < -0.39 is 0 Å². The minimum absolute atomic E-state index is 0.0431. The SMILES string of the molecule is Cc1nn(C)c(C)c1CC(=O)N[C@@H](C)c1ccc(Cl)cn1. The Morgan fingerprint density at radius 1 is 1.43 bits per heavy atom. The van der Waals surface area contributed by atoms with Crippen molar-refractivity contribution < 1.29 is 4.79 Å². The molecule has 0 aromatic carbocycles. The van der Waals surface area contributed by atoms with E-state index in [4.69, 9.17) is 11.6 Å². The van der Waals surface area contributed by atoms with Crippen molar-refractivity contribution in [3.8, 4) is 0 Å². The summed E-state index contributed by atoms with van der Waals surface area (Å²) in [6.45, 7) is 5.78. The third-order valence-corrected chi connectivity index (χ3v) is 3.79. The smallest absolute Gasteiger partial charge is 0.225 e. The molecule has 112 valence electrons. The predicted octanol–water partition coefficient (Wildman–Crippen LogP) is 2.51. The summed E-state index contributed by atoms with van der Waals surface area (Å²) in [4.78, 5) is 16.4. The second kappa shape index (κ2) is 6.26. The Kier molecular flexibility index (Phi) is 4.63. The number of amides is 1. The minimum atomic E-state index is -0.160. The van der Waals surface area contributed by atoms with E-state index in [-0.39, 0.29) is 11.9 Å². The molecular weight excluding hydrogens is 288 g/mol. The normalized spacial score (nSPS) is 12.2. The van der Waals surface area contributed by atoms with Crippen LogP contribution in [0.1, 0.15) is 35.6 Å². The molecule has 0 saturated carbocycles. The molecule has 2 aromatic rings. The fourth-order valence-electron chi connectivity index (χ4n) is 2.24. The highest BCUT2D eigenvalue weighted by Gasteiger charge is 2.16. The summed E-state index contributed by atoms with van der Waals surface area (Å²) in [7, 11) is 1.88. The lowest BCUT2D eigenvalue weighted by molar-refractivity contribution is -0.121. The van der Waals surface area contributed by atoms with E-state index >= 15 is 0 Å². The molecule has 1 N–H and O–H groups in total. The maximum Gasteiger partial charge on any atom is 0.225 e. The van der Waals surface area contributed by atoms with Gasteiger partial charge in [0.25, 0.3) is 0 Å². The average molecular weight is 307 g/mol. The third kappa shape index (κ3) is 3.61. The molecule has 2 aromatic heterocycles. The van der Waals surface area contributed by atoms with E-state index in [0.29, 0.717) is 11.4 Å². The Labute approximate surface area is 129 Å². The molecule has 0 saturated heterocycles. The molecule has 5 nitrogen and oxygen atoms in total. The number of carbonyl (C=O) groups is 1. The van der Waals surface area contributed by atoms with Gasteiger partial charge < -0.3 is 5.32 Å². The van der Waals surface area contributed by atoms with Crippen LogP contribution in [0.5, 0.6) is 0 Å². The molecule has 0 radical (unpaired) electrons. The van der Waals surface area contributed by atoms with E-state index in [2.05, 4.69) is 15.4 Å².